The summed E-state index contributed by atoms with van der Waals surface area (Å²) in [6.45, 7) is 1.13. The molecule has 2 aromatic carbocycles. The van der Waals surface area contributed by atoms with Crippen LogP contribution in [0.15, 0.2) is 48.9 Å². The summed E-state index contributed by atoms with van der Waals surface area (Å²) in [5, 5.41) is 7.24. The highest BCUT2D eigenvalue weighted by atomic mass is 19.1. The third-order valence-electron chi connectivity index (χ3n) is 6.23. The zero-order valence-corrected chi connectivity index (χ0v) is 19.9. The number of hydrogen-bond acceptors (Lipinski definition) is 7. The molecule has 3 heterocycles. The smallest absolute Gasteiger partial charge is 0.252 e. The molecule has 2 aromatic heterocycles. The van der Waals surface area contributed by atoms with E-state index in [1.807, 2.05) is 11.9 Å². The molecular formula is C25H24F2N6O3. The van der Waals surface area contributed by atoms with Crippen molar-refractivity contribution in [2.75, 3.05) is 32.3 Å². The molecule has 0 unspecified atom stereocenters. The van der Waals surface area contributed by atoms with Crippen LogP contribution < -0.4 is 15.0 Å². The Balaban J connectivity index is 1.48. The number of likely N-dealkylation sites (N-methyl/N-ethyl adjacent to an activating group) is 1. The van der Waals surface area contributed by atoms with E-state index in [4.69, 9.17) is 9.47 Å². The van der Waals surface area contributed by atoms with Crippen molar-refractivity contribution in [3.8, 4) is 5.75 Å². The van der Waals surface area contributed by atoms with Crippen LogP contribution in [0, 0.1) is 11.6 Å². The summed E-state index contributed by atoms with van der Waals surface area (Å²) in [5.41, 5.74) is 1.48. The SMILES string of the molecule is COc1ccc([C@H](NC(=O)c2cc(F)c3cnc(N(C)C4COC4)nc3c2)c2cnn(C)c2)cc1F. The van der Waals surface area contributed by atoms with Gasteiger partial charge in [0.25, 0.3) is 5.91 Å². The van der Waals surface area contributed by atoms with Gasteiger partial charge in [-0.3, -0.25) is 9.48 Å². The fourth-order valence-corrected chi connectivity index (χ4v) is 4.02. The van der Waals surface area contributed by atoms with Gasteiger partial charge in [-0.05, 0) is 29.8 Å². The number of nitrogens with one attached hydrogen (secondary N) is 1. The molecule has 186 valence electrons. The Hall–Kier alpha value is -4.12. The summed E-state index contributed by atoms with van der Waals surface area (Å²) >= 11 is 0. The van der Waals surface area contributed by atoms with E-state index < -0.39 is 23.6 Å². The molecule has 1 aliphatic rings. The van der Waals surface area contributed by atoms with Crippen molar-refractivity contribution in [1.82, 2.24) is 25.1 Å². The zero-order valence-electron chi connectivity index (χ0n) is 19.9. The number of aryl methyl sites for hydroxylation is 1. The minimum atomic E-state index is -0.740. The number of carbonyl (C=O) groups is 1. The second kappa shape index (κ2) is 9.50. The van der Waals surface area contributed by atoms with Gasteiger partial charge in [0.1, 0.15) is 5.82 Å². The van der Waals surface area contributed by atoms with Gasteiger partial charge in [0, 0.05) is 37.6 Å². The average molecular weight is 495 g/mol. The van der Waals surface area contributed by atoms with E-state index in [2.05, 4.69) is 20.4 Å². The lowest BCUT2D eigenvalue weighted by Gasteiger charge is -2.34. The predicted octanol–water partition coefficient (Wildman–Crippen LogP) is 3.00. The number of fused-ring (bicyclic) bond motifs is 1. The van der Waals surface area contributed by atoms with E-state index >= 15 is 0 Å². The normalized spacial score (nSPS) is 14.4. The van der Waals surface area contributed by atoms with E-state index in [-0.39, 0.29) is 22.7 Å². The first-order valence-electron chi connectivity index (χ1n) is 11.2. The molecule has 9 nitrogen and oxygen atoms in total. The van der Waals surface area contributed by atoms with Crippen LogP contribution in [0.1, 0.15) is 27.5 Å². The van der Waals surface area contributed by atoms with Crippen LogP contribution in [0.25, 0.3) is 10.9 Å². The van der Waals surface area contributed by atoms with Crippen molar-refractivity contribution in [2.45, 2.75) is 12.1 Å². The van der Waals surface area contributed by atoms with Crippen molar-refractivity contribution in [3.63, 3.8) is 0 Å². The van der Waals surface area contributed by atoms with Gasteiger partial charge < -0.3 is 19.7 Å². The van der Waals surface area contributed by atoms with Crippen LogP contribution >= 0.6 is 0 Å². The Labute approximate surface area is 205 Å². The van der Waals surface area contributed by atoms with E-state index in [0.29, 0.717) is 35.8 Å². The summed E-state index contributed by atoms with van der Waals surface area (Å²) < 4.78 is 41.2. The fraction of sp³-hybridized carbons (Fsp3) is 0.280. The molecule has 1 atom stereocenters. The molecule has 0 aliphatic carbocycles. The lowest BCUT2D eigenvalue weighted by Crippen LogP contribution is -2.47. The number of carbonyl (C=O) groups excluding carboxylic acids is 1. The quantitative estimate of drug-likeness (QED) is 0.422. The molecule has 1 fully saturated rings. The first-order valence-corrected chi connectivity index (χ1v) is 11.2. The zero-order chi connectivity index (χ0) is 25.4. The molecule has 1 amide bonds. The maximum Gasteiger partial charge on any atom is 0.252 e. The second-order valence-electron chi connectivity index (χ2n) is 8.61. The Morgan fingerprint density at radius 1 is 1.19 bits per heavy atom. The van der Waals surface area contributed by atoms with Gasteiger partial charge in [-0.2, -0.15) is 5.10 Å². The number of anilines is 1. The van der Waals surface area contributed by atoms with Gasteiger partial charge in [-0.1, -0.05) is 6.07 Å². The molecule has 4 aromatic rings. The van der Waals surface area contributed by atoms with Gasteiger partial charge in [-0.15, -0.1) is 0 Å². The van der Waals surface area contributed by atoms with Gasteiger partial charge in [0.05, 0.1) is 49.5 Å². The van der Waals surface area contributed by atoms with Crippen LogP contribution in [0.5, 0.6) is 5.75 Å². The van der Waals surface area contributed by atoms with Crippen molar-refractivity contribution in [1.29, 1.82) is 0 Å². The minimum Gasteiger partial charge on any atom is -0.494 e. The molecule has 0 saturated carbocycles. The molecule has 36 heavy (non-hydrogen) atoms. The van der Waals surface area contributed by atoms with E-state index in [9.17, 15) is 13.6 Å². The van der Waals surface area contributed by atoms with Crippen molar-refractivity contribution in [2.24, 2.45) is 7.05 Å². The van der Waals surface area contributed by atoms with Crippen molar-refractivity contribution < 1.29 is 23.0 Å². The summed E-state index contributed by atoms with van der Waals surface area (Å²) in [7, 11) is 4.95. The van der Waals surface area contributed by atoms with Gasteiger partial charge in [-0.25, -0.2) is 18.7 Å². The van der Waals surface area contributed by atoms with Crippen LogP contribution in [0.3, 0.4) is 0 Å². The minimum absolute atomic E-state index is 0.0714. The molecule has 1 N–H and O–H groups in total. The fourth-order valence-electron chi connectivity index (χ4n) is 4.02. The molecule has 0 radical (unpaired) electrons. The van der Waals surface area contributed by atoms with Crippen LogP contribution in [-0.4, -0.2) is 59.1 Å². The Kier molecular flexibility index (Phi) is 6.23. The van der Waals surface area contributed by atoms with E-state index in [1.54, 1.807) is 30.2 Å². The summed E-state index contributed by atoms with van der Waals surface area (Å²) in [5.74, 6) is -1.25. The number of hydrogen-bond donors (Lipinski definition) is 1. The van der Waals surface area contributed by atoms with Crippen LogP contribution in [-0.2, 0) is 11.8 Å². The summed E-state index contributed by atoms with van der Waals surface area (Å²) in [6.07, 6.45) is 4.70. The highest BCUT2D eigenvalue weighted by Crippen LogP contribution is 2.28. The molecule has 11 heteroatoms. The molecule has 1 saturated heterocycles. The molecule has 0 spiro atoms. The maximum absolute atomic E-state index is 14.9. The first-order chi connectivity index (χ1) is 17.3. The number of benzene rings is 2. The average Bonchev–Trinajstić information content (AvgIpc) is 3.26. The highest BCUT2D eigenvalue weighted by Gasteiger charge is 2.26. The third kappa shape index (κ3) is 4.44. The summed E-state index contributed by atoms with van der Waals surface area (Å²) in [4.78, 5) is 23.9. The molecule has 5 rings (SSSR count). The van der Waals surface area contributed by atoms with Crippen molar-refractivity contribution in [3.05, 3.63) is 77.2 Å². The monoisotopic (exact) mass is 494 g/mol. The van der Waals surface area contributed by atoms with Gasteiger partial charge in [0.2, 0.25) is 5.95 Å². The topological polar surface area (TPSA) is 94.4 Å². The summed E-state index contributed by atoms with van der Waals surface area (Å²) in [6, 6.07) is 6.48. The first kappa shape index (κ1) is 23.6. The Morgan fingerprint density at radius 2 is 2.00 bits per heavy atom. The van der Waals surface area contributed by atoms with Crippen LogP contribution in [0.2, 0.25) is 0 Å². The number of halogens is 2. The third-order valence-corrected chi connectivity index (χ3v) is 6.23. The standard InChI is InChI=1S/C25H24F2N6O3/c1-32-11-16(9-29-32)23(14-4-5-22(35-3)20(27)6-14)31-24(34)15-7-19(26)18-10-28-25(30-21(18)8-15)33(2)17-12-36-13-17/h4-11,17,23H,12-13H2,1-3H3,(H,31,34)/t23-/m0/s1. The van der Waals surface area contributed by atoms with Crippen molar-refractivity contribution >= 4 is 22.8 Å². The number of amides is 1. The van der Waals surface area contributed by atoms with E-state index in [1.165, 1.54) is 31.5 Å². The Bertz CT molecular complexity index is 1440. The number of ether oxygens (including phenoxy) is 2. The number of rotatable bonds is 7. The number of aromatic nitrogens is 4. The predicted molar refractivity (Wildman–Crippen MR) is 128 cm³/mol. The lowest BCUT2D eigenvalue weighted by molar-refractivity contribution is 0.00963. The van der Waals surface area contributed by atoms with Gasteiger partial charge >= 0.3 is 0 Å². The molecular weight excluding hydrogens is 470 g/mol. The number of nitrogens with zero attached hydrogens (tertiary/aromatic N) is 5. The van der Waals surface area contributed by atoms with E-state index in [0.717, 1.165) is 6.07 Å². The van der Waals surface area contributed by atoms with Gasteiger partial charge in [0.15, 0.2) is 11.6 Å². The highest BCUT2D eigenvalue weighted by molar-refractivity contribution is 5.98. The van der Waals surface area contributed by atoms with Crippen LogP contribution in [0.4, 0.5) is 14.7 Å². The second-order valence-corrected chi connectivity index (χ2v) is 8.61. The largest absolute Gasteiger partial charge is 0.494 e. The maximum atomic E-state index is 14.9. The molecule has 1 aliphatic heterocycles. The number of methoxy groups -OCH3 is 1. The molecule has 0 bridgehead atoms. The lowest BCUT2D eigenvalue weighted by atomic mass is 10.0. The Morgan fingerprint density at radius 3 is 2.64 bits per heavy atom.